The lowest BCUT2D eigenvalue weighted by atomic mass is 10.1. The molecule has 102 valence electrons. The first kappa shape index (κ1) is 12.7. The van der Waals surface area contributed by atoms with Gasteiger partial charge < -0.3 is 5.11 Å². The Bertz CT molecular complexity index is 599. The highest BCUT2D eigenvalue weighted by Crippen LogP contribution is 2.23. The predicted molar refractivity (Wildman–Crippen MR) is 73.9 cm³/mol. The van der Waals surface area contributed by atoms with Crippen LogP contribution in [0.1, 0.15) is 27.1 Å². The zero-order chi connectivity index (χ0) is 14.1. The molecule has 0 radical (unpaired) electrons. The van der Waals surface area contributed by atoms with Crippen molar-refractivity contribution in [3.05, 3.63) is 47.5 Å². The van der Waals surface area contributed by atoms with Crippen molar-refractivity contribution in [3.63, 3.8) is 0 Å². The number of imide groups is 1. The summed E-state index contributed by atoms with van der Waals surface area (Å²) in [5.74, 6) is -0.526. The van der Waals surface area contributed by atoms with E-state index < -0.39 is 0 Å². The van der Waals surface area contributed by atoms with E-state index in [1.165, 1.54) is 4.90 Å². The molecule has 2 amide bonds. The molecule has 0 spiro atoms. The third kappa shape index (κ3) is 2.06. The van der Waals surface area contributed by atoms with Crippen LogP contribution in [-0.2, 0) is 0 Å². The summed E-state index contributed by atoms with van der Waals surface area (Å²) in [5, 5.41) is 9.09. The summed E-state index contributed by atoms with van der Waals surface area (Å²) >= 11 is 0. The predicted octanol–water partition coefficient (Wildman–Crippen LogP) is 1.04. The number of aliphatic hydroxyl groups excluding tert-OH is 1. The highest BCUT2D eigenvalue weighted by atomic mass is 16.3. The number of aliphatic hydroxyl groups is 1. The van der Waals surface area contributed by atoms with Gasteiger partial charge >= 0.3 is 0 Å². The lowest BCUT2D eigenvalue weighted by Crippen LogP contribution is -2.37. The van der Waals surface area contributed by atoms with Gasteiger partial charge in [0.25, 0.3) is 11.8 Å². The zero-order valence-electron chi connectivity index (χ0n) is 10.8. The van der Waals surface area contributed by atoms with Gasteiger partial charge in [-0.25, -0.2) is 0 Å². The number of hydrogen-bond donors (Lipinski definition) is 1. The lowest BCUT2D eigenvalue weighted by molar-refractivity contribution is 0.0645. The van der Waals surface area contributed by atoms with Gasteiger partial charge in [0.15, 0.2) is 0 Å². The summed E-state index contributed by atoms with van der Waals surface area (Å²) in [7, 11) is 0. The lowest BCUT2D eigenvalue weighted by Gasteiger charge is -2.21. The summed E-state index contributed by atoms with van der Waals surface area (Å²) in [6.07, 6.45) is 4.33. The van der Waals surface area contributed by atoms with Gasteiger partial charge in [0.1, 0.15) is 0 Å². The van der Waals surface area contributed by atoms with E-state index in [0.29, 0.717) is 23.3 Å². The molecule has 0 aromatic heterocycles. The molecule has 2 heterocycles. The molecule has 3 rings (SSSR count). The summed E-state index contributed by atoms with van der Waals surface area (Å²) in [4.78, 5) is 30.0. The number of benzene rings is 1. The molecule has 1 N–H and O–H groups in total. The van der Waals surface area contributed by atoms with Crippen molar-refractivity contribution < 1.29 is 14.7 Å². The Morgan fingerprint density at radius 3 is 2.45 bits per heavy atom. The average molecular weight is 270 g/mol. The van der Waals surface area contributed by atoms with Crippen LogP contribution in [0.2, 0.25) is 0 Å². The fourth-order valence-corrected chi connectivity index (χ4v) is 2.52. The van der Waals surface area contributed by atoms with E-state index in [9.17, 15) is 9.59 Å². The first-order chi connectivity index (χ1) is 9.70. The second-order valence-corrected chi connectivity index (χ2v) is 4.84. The molecule has 5 nitrogen and oxygen atoms in total. The molecule has 0 saturated carbocycles. The van der Waals surface area contributed by atoms with Gasteiger partial charge in [0.2, 0.25) is 0 Å². The number of hydrogen-bond acceptors (Lipinski definition) is 4. The van der Waals surface area contributed by atoms with E-state index >= 15 is 0 Å². The molecule has 1 atom stereocenters. The highest BCUT2D eigenvalue weighted by molar-refractivity contribution is 6.21. The molecule has 0 saturated heterocycles. The number of fused-ring (bicyclic) bond motifs is 1. The summed E-state index contributed by atoms with van der Waals surface area (Å²) < 4.78 is 0. The first-order valence-electron chi connectivity index (χ1n) is 6.50. The first-order valence-corrected chi connectivity index (χ1v) is 6.50. The normalized spacial score (nSPS) is 21.1. The highest BCUT2D eigenvalue weighted by Gasteiger charge is 2.36. The molecule has 5 heteroatoms. The van der Waals surface area contributed by atoms with Gasteiger partial charge in [0, 0.05) is 0 Å². The Morgan fingerprint density at radius 1 is 1.20 bits per heavy atom. The Kier molecular flexibility index (Phi) is 3.20. The van der Waals surface area contributed by atoms with E-state index in [0.717, 1.165) is 0 Å². The summed E-state index contributed by atoms with van der Waals surface area (Å²) in [6.45, 7) is 0.120. The van der Waals surface area contributed by atoms with Crippen LogP contribution in [0, 0.1) is 0 Å². The number of rotatable bonds is 3. The van der Waals surface area contributed by atoms with Crippen LogP contribution < -0.4 is 0 Å². The van der Waals surface area contributed by atoms with Crippen molar-refractivity contribution in [1.82, 2.24) is 4.90 Å². The minimum atomic E-state index is -0.263. The van der Waals surface area contributed by atoms with Crippen molar-refractivity contribution >= 4 is 17.5 Å². The maximum atomic E-state index is 12.2. The molecule has 1 unspecified atom stereocenters. The molecule has 20 heavy (non-hydrogen) atoms. The van der Waals surface area contributed by atoms with Crippen molar-refractivity contribution in [2.75, 3.05) is 13.2 Å². The summed E-state index contributed by atoms with van der Waals surface area (Å²) in [5.41, 5.74) is 1.49. The Hall–Kier alpha value is -2.27. The number of carbonyl (C=O) groups excluding carboxylic acids is 2. The second-order valence-electron chi connectivity index (χ2n) is 4.84. The third-order valence-electron chi connectivity index (χ3n) is 3.50. The fraction of sp³-hybridized carbons (Fsp3) is 0.267. The third-order valence-corrected chi connectivity index (χ3v) is 3.50. The van der Waals surface area contributed by atoms with E-state index in [-0.39, 0.29) is 31.0 Å². The molecule has 2 aliphatic heterocycles. The Labute approximate surface area is 116 Å². The molecule has 0 bridgehead atoms. The largest absolute Gasteiger partial charge is 0.390 e. The van der Waals surface area contributed by atoms with Crippen LogP contribution in [0.5, 0.6) is 0 Å². The van der Waals surface area contributed by atoms with Gasteiger partial charge in [-0.05, 0) is 24.6 Å². The molecular formula is C15H14N2O3. The average Bonchev–Trinajstić information content (AvgIpc) is 2.73. The summed E-state index contributed by atoms with van der Waals surface area (Å²) in [6, 6.07) is 6.65. The number of amides is 2. The van der Waals surface area contributed by atoms with Gasteiger partial charge in [-0.15, -0.1) is 0 Å². The molecule has 1 aromatic carbocycles. The van der Waals surface area contributed by atoms with Gasteiger partial charge in [0.05, 0.1) is 36.0 Å². The SMILES string of the molecule is O=C1c2ccccc2C(=O)N1CC1CC=CC(CO)=N1. The second kappa shape index (κ2) is 5.02. The molecule has 1 aromatic rings. The van der Waals surface area contributed by atoms with Crippen molar-refractivity contribution in [2.45, 2.75) is 12.5 Å². The minimum absolute atomic E-state index is 0.130. The van der Waals surface area contributed by atoms with E-state index in [1.54, 1.807) is 30.3 Å². The van der Waals surface area contributed by atoms with Crippen molar-refractivity contribution in [3.8, 4) is 0 Å². The van der Waals surface area contributed by atoms with Crippen molar-refractivity contribution in [2.24, 2.45) is 4.99 Å². The van der Waals surface area contributed by atoms with Gasteiger partial charge in [-0.3, -0.25) is 19.5 Å². The van der Waals surface area contributed by atoms with Gasteiger partial charge in [-0.1, -0.05) is 18.2 Å². The number of aliphatic imine (C=N–C) groups is 1. The van der Waals surface area contributed by atoms with E-state index in [2.05, 4.69) is 4.99 Å². The Balaban J connectivity index is 1.81. The maximum Gasteiger partial charge on any atom is 0.261 e. The van der Waals surface area contributed by atoms with Gasteiger partial charge in [-0.2, -0.15) is 0 Å². The molecule has 2 aliphatic rings. The topological polar surface area (TPSA) is 70.0 Å². The van der Waals surface area contributed by atoms with Crippen LogP contribution in [0.25, 0.3) is 0 Å². The standard InChI is InChI=1S/C15H14N2O3/c18-9-11-5-3-4-10(16-11)8-17-14(19)12-6-1-2-7-13(12)15(17)20/h1-3,5-7,10,18H,4,8-9H2. The van der Waals surface area contributed by atoms with E-state index in [1.807, 2.05) is 6.08 Å². The quantitative estimate of drug-likeness (QED) is 0.834. The minimum Gasteiger partial charge on any atom is -0.390 e. The zero-order valence-corrected chi connectivity index (χ0v) is 10.8. The smallest absolute Gasteiger partial charge is 0.261 e. The van der Waals surface area contributed by atoms with Crippen LogP contribution in [-0.4, -0.2) is 46.7 Å². The monoisotopic (exact) mass is 270 g/mol. The fourth-order valence-electron chi connectivity index (χ4n) is 2.52. The van der Waals surface area contributed by atoms with Crippen LogP contribution in [0.15, 0.2) is 41.4 Å². The van der Waals surface area contributed by atoms with Crippen LogP contribution in [0.4, 0.5) is 0 Å². The van der Waals surface area contributed by atoms with Crippen LogP contribution >= 0.6 is 0 Å². The number of nitrogens with zero attached hydrogens (tertiary/aromatic N) is 2. The molecule has 0 aliphatic carbocycles. The Morgan fingerprint density at radius 2 is 1.85 bits per heavy atom. The molecule has 0 fully saturated rings. The maximum absolute atomic E-state index is 12.2. The van der Waals surface area contributed by atoms with Crippen LogP contribution in [0.3, 0.4) is 0 Å². The molecular weight excluding hydrogens is 256 g/mol. The van der Waals surface area contributed by atoms with E-state index in [4.69, 9.17) is 5.11 Å². The number of carbonyl (C=O) groups is 2. The number of dihydropyridines is 1. The van der Waals surface area contributed by atoms with Crippen molar-refractivity contribution in [1.29, 1.82) is 0 Å².